The van der Waals surface area contributed by atoms with Crippen molar-refractivity contribution in [3.05, 3.63) is 29.8 Å². The molecule has 1 unspecified atom stereocenters. The Labute approximate surface area is 118 Å². The first-order valence-corrected chi connectivity index (χ1v) is 6.78. The van der Waals surface area contributed by atoms with Crippen molar-refractivity contribution in [2.75, 3.05) is 18.5 Å². The van der Waals surface area contributed by atoms with Crippen LogP contribution >= 0.6 is 0 Å². The lowest BCUT2D eigenvalue weighted by molar-refractivity contribution is -0.133. The number of ether oxygens (including phenoxy) is 2. The van der Waals surface area contributed by atoms with Gasteiger partial charge in [0.2, 0.25) is 0 Å². The Morgan fingerprint density at radius 3 is 2.60 bits per heavy atom. The Morgan fingerprint density at radius 2 is 2.05 bits per heavy atom. The summed E-state index contributed by atoms with van der Waals surface area (Å²) in [5.41, 5.74) is 0.354. The molecule has 1 amide bonds. The molecule has 1 aliphatic heterocycles. The predicted molar refractivity (Wildman–Crippen MR) is 74.6 cm³/mol. The average molecular weight is 277 g/mol. The van der Waals surface area contributed by atoms with E-state index in [1.165, 1.54) is 0 Å². The van der Waals surface area contributed by atoms with Gasteiger partial charge in [-0.3, -0.25) is 4.79 Å². The number of benzene rings is 1. The lowest BCUT2D eigenvalue weighted by Gasteiger charge is -2.21. The maximum atomic E-state index is 12.1. The highest BCUT2D eigenvalue weighted by atomic mass is 16.5. The number of amides is 1. The van der Waals surface area contributed by atoms with Gasteiger partial charge in [-0.05, 0) is 51.0 Å². The molecule has 0 radical (unpaired) electrons. The van der Waals surface area contributed by atoms with Crippen molar-refractivity contribution in [1.29, 1.82) is 0 Å². The fourth-order valence-corrected chi connectivity index (χ4v) is 2.13. The number of nitrogens with one attached hydrogen (secondary N) is 1. The number of rotatable bonds is 4. The van der Waals surface area contributed by atoms with Crippen molar-refractivity contribution in [2.24, 2.45) is 0 Å². The standard InChI is InChI=1S/C15H19NO4/c1-3-19-13(17)11-5-7-12(8-6-11)16-14(18)15(2)9-4-10-20-15/h5-8H,3-4,9-10H2,1-2H3,(H,16,18). The number of anilines is 1. The largest absolute Gasteiger partial charge is 0.462 e. The Bertz CT molecular complexity index is 489. The van der Waals surface area contributed by atoms with Crippen molar-refractivity contribution in [3.8, 4) is 0 Å². The quantitative estimate of drug-likeness (QED) is 0.858. The summed E-state index contributed by atoms with van der Waals surface area (Å²) in [7, 11) is 0. The Kier molecular flexibility index (Phi) is 4.39. The zero-order valence-corrected chi connectivity index (χ0v) is 11.8. The normalized spacial score (nSPS) is 21.5. The summed E-state index contributed by atoms with van der Waals surface area (Å²) in [5, 5.41) is 2.81. The van der Waals surface area contributed by atoms with Crippen LogP contribution in [0.1, 0.15) is 37.0 Å². The summed E-state index contributed by atoms with van der Waals surface area (Å²) in [6.45, 7) is 4.51. The Morgan fingerprint density at radius 1 is 1.35 bits per heavy atom. The minimum Gasteiger partial charge on any atom is -0.462 e. The summed E-state index contributed by atoms with van der Waals surface area (Å²) in [6.07, 6.45) is 1.62. The predicted octanol–water partition coefficient (Wildman–Crippen LogP) is 2.37. The van der Waals surface area contributed by atoms with E-state index in [1.807, 2.05) is 0 Å². The minimum atomic E-state index is -0.750. The molecule has 20 heavy (non-hydrogen) atoms. The van der Waals surface area contributed by atoms with Gasteiger partial charge in [-0.25, -0.2) is 4.79 Å². The fraction of sp³-hybridized carbons (Fsp3) is 0.467. The monoisotopic (exact) mass is 277 g/mol. The molecule has 108 valence electrons. The topological polar surface area (TPSA) is 64.6 Å². The van der Waals surface area contributed by atoms with E-state index in [2.05, 4.69) is 5.32 Å². The van der Waals surface area contributed by atoms with Gasteiger partial charge in [-0.2, -0.15) is 0 Å². The average Bonchev–Trinajstić information content (AvgIpc) is 2.88. The molecular formula is C15H19NO4. The third-order valence-corrected chi connectivity index (χ3v) is 3.35. The molecule has 0 bridgehead atoms. The molecule has 1 saturated heterocycles. The maximum Gasteiger partial charge on any atom is 0.338 e. The second kappa shape index (κ2) is 6.05. The maximum absolute atomic E-state index is 12.1. The Balaban J connectivity index is 2.00. The van der Waals surface area contributed by atoms with Gasteiger partial charge in [0.25, 0.3) is 5.91 Å². The molecule has 5 nitrogen and oxygen atoms in total. The summed E-state index contributed by atoms with van der Waals surface area (Å²) in [4.78, 5) is 23.6. The number of hydrogen-bond donors (Lipinski definition) is 1. The van der Waals surface area contributed by atoms with Gasteiger partial charge in [-0.1, -0.05) is 0 Å². The molecule has 1 heterocycles. The lowest BCUT2D eigenvalue weighted by atomic mass is 10.0. The fourth-order valence-electron chi connectivity index (χ4n) is 2.13. The Hall–Kier alpha value is -1.88. The van der Waals surface area contributed by atoms with Crippen LogP contribution < -0.4 is 5.32 Å². The summed E-state index contributed by atoms with van der Waals surface area (Å²) in [6, 6.07) is 6.63. The minimum absolute atomic E-state index is 0.154. The van der Waals surface area contributed by atoms with Crippen LogP contribution in [0.25, 0.3) is 0 Å². The highest BCUT2D eigenvalue weighted by Gasteiger charge is 2.37. The molecular weight excluding hydrogens is 258 g/mol. The second-order valence-corrected chi connectivity index (χ2v) is 4.93. The van der Waals surface area contributed by atoms with Crippen LogP contribution in [-0.4, -0.2) is 30.7 Å². The van der Waals surface area contributed by atoms with Crippen LogP contribution in [0, 0.1) is 0 Å². The molecule has 0 saturated carbocycles. The number of esters is 1. The first-order chi connectivity index (χ1) is 9.55. The molecule has 5 heteroatoms. The third kappa shape index (κ3) is 3.17. The van der Waals surface area contributed by atoms with Crippen LogP contribution in [0.15, 0.2) is 24.3 Å². The molecule has 0 aliphatic carbocycles. The number of hydrogen-bond acceptors (Lipinski definition) is 4. The summed E-state index contributed by atoms with van der Waals surface area (Å²) >= 11 is 0. The van der Waals surface area contributed by atoms with Crippen molar-refractivity contribution in [2.45, 2.75) is 32.3 Å². The van der Waals surface area contributed by atoms with Gasteiger partial charge >= 0.3 is 5.97 Å². The van der Waals surface area contributed by atoms with E-state index < -0.39 is 5.60 Å². The molecule has 0 aromatic heterocycles. The molecule has 1 fully saturated rings. The highest BCUT2D eigenvalue weighted by molar-refractivity contribution is 5.97. The molecule has 2 rings (SSSR count). The van der Waals surface area contributed by atoms with Crippen molar-refractivity contribution in [1.82, 2.24) is 0 Å². The smallest absolute Gasteiger partial charge is 0.338 e. The molecule has 1 atom stereocenters. The molecule has 1 aliphatic rings. The van der Waals surface area contributed by atoms with Gasteiger partial charge < -0.3 is 14.8 Å². The van der Waals surface area contributed by atoms with Crippen molar-refractivity contribution in [3.63, 3.8) is 0 Å². The molecule has 0 spiro atoms. The van der Waals surface area contributed by atoms with E-state index in [-0.39, 0.29) is 11.9 Å². The van der Waals surface area contributed by atoms with Gasteiger partial charge in [0, 0.05) is 12.3 Å². The third-order valence-electron chi connectivity index (χ3n) is 3.35. The van der Waals surface area contributed by atoms with Gasteiger partial charge in [-0.15, -0.1) is 0 Å². The molecule has 1 N–H and O–H groups in total. The second-order valence-electron chi connectivity index (χ2n) is 4.93. The van der Waals surface area contributed by atoms with Gasteiger partial charge in [0.15, 0.2) is 0 Å². The molecule has 1 aromatic rings. The number of carbonyl (C=O) groups excluding carboxylic acids is 2. The van der Waals surface area contributed by atoms with Crippen LogP contribution in [0.5, 0.6) is 0 Å². The lowest BCUT2D eigenvalue weighted by Crippen LogP contribution is -2.39. The van der Waals surface area contributed by atoms with E-state index in [0.717, 1.165) is 12.8 Å². The van der Waals surface area contributed by atoms with E-state index in [1.54, 1.807) is 38.1 Å². The SMILES string of the molecule is CCOC(=O)c1ccc(NC(=O)C2(C)CCCO2)cc1. The van der Waals surface area contributed by atoms with E-state index in [0.29, 0.717) is 24.5 Å². The zero-order valence-electron chi connectivity index (χ0n) is 11.8. The zero-order chi connectivity index (χ0) is 14.6. The van der Waals surface area contributed by atoms with Crippen LogP contribution in [0.3, 0.4) is 0 Å². The summed E-state index contributed by atoms with van der Waals surface area (Å²) < 4.78 is 10.4. The van der Waals surface area contributed by atoms with Gasteiger partial charge in [0.05, 0.1) is 12.2 Å². The highest BCUT2D eigenvalue weighted by Crippen LogP contribution is 2.26. The van der Waals surface area contributed by atoms with E-state index in [9.17, 15) is 9.59 Å². The summed E-state index contributed by atoms with van der Waals surface area (Å²) in [5.74, 6) is -0.518. The van der Waals surface area contributed by atoms with E-state index in [4.69, 9.17) is 9.47 Å². The van der Waals surface area contributed by atoms with Crippen molar-refractivity contribution >= 4 is 17.6 Å². The van der Waals surface area contributed by atoms with Crippen LogP contribution in [0.2, 0.25) is 0 Å². The van der Waals surface area contributed by atoms with Crippen LogP contribution in [-0.2, 0) is 14.3 Å². The number of carbonyl (C=O) groups is 2. The van der Waals surface area contributed by atoms with Gasteiger partial charge in [0.1, 0.15) is 5.60 Å². The van der Waals surface area contributed by atoms with E-state index >= 15 is 0 Å². The van der Waals surface area contributed by atoms with Crippen LogP contribution in [0.4, 0.5) is 5.69 Å². The van der Waals surface area contributed by atoms with Crippen molar-refractivity contribution < 1.29 is 19.1 Å². The first-order valence-electron chi connectivity index (χ1n) is 6.78. The molecule has 1 aromatic carbocycles. The first kappa shape index (κ1) is 14.5.